The summed E-state index contributed by atoms with van der Waals surface area (Å²) in [7, 11) is 0. The number of alkyl carbamates (subject to hydrolysis) is 1. The molecular weight excluding hydrogens is 466 g/mol. The highest BCUT2D eigenvalue weighted by Gasteiger charge is 2.37. The van der Waals surface area contributed by atoms with Gasteiger partial charge in [0, 0.05) is 17.5 Å². The van der Waals surface area contributed by atoms with Crippen molar-refractivity contribution in [2.24, 2.45) is 0 Å². The number of aryl methyl sites for hydroxylation is 1. The minimum atomic E-state index is -1.09. The second-order valence-electron chi connectivity index (χ2n) is 9.52. The number of ether oxygens (including phenoxy) is 1. The van der Waals surface area contributed by atoms with E-state index >= 15 is 0 Å². The Kier molecular flexibility index (Phi) is 9.59. The Balaban J connectivity index is 2.46. The number of rotatable bonds is 8. The first-order valence-electron chi connectivity index (χ1n) is 11.4. The molecular formula is C26H35N3O5S. The molecule has 0 saturated heterocycles. The third kappa shape index (κ3) is 7.92. The van der Waals surface area contributed by atoms with E-state index < -0.39 is 41.6 Å². The molecule has 2 unspecified atom stereocenters. The number of phenols is 1. The minimum absolute atomic E-state index is 0.00648. The molecule has 190 valence electrons. The fourth-order valence-corrected chi connectivity index (χ4v) is 3.79. The van der Waals surface area contributed by atoms with E-state index in [2.05, 4.69) is 23.3 Å². The lowest BCUT2D eigenvalue weighted by Crippen LogP contribution is -2.55. The quantitative estimate of drug-likeness (QED) is 0.400. The number of nitrogens with one attached hydrogen (secondary N) is 2. The van der Waals surface area contributed by atoms with Gasteiger partial charge in [0.05, 0.1) is 0 Å². The second kappa shape index (κ2) is 12.0. The van der Waals surface area contributed by atoms with Crippen molar-refractivity contribution in [3.8, 4) is 5.75 Å². The van der Waals surface area contributed by atoms with Crippen molar-refractivity contribution in [1.82, 2.24) is 10.2 Å². The van der Waals surface area contributed by atoms with Crippen LogP contribution < -0.4 is 10.6 Å². The van der Waals surface area contributed by atoms with E-state index in [1.807, 2.05) is 19.1 Å². The lowest BCUT2D eigenvalue weighted by Gasteiger charge is -2.37. The first-order chi connectivity index (χ1) is 16.3. The van der Waals surface area contributed by atoms with Crippen molar-refractivity contribution in [2.75, 3.05) is 11.1 Å². The summed E-state index contributed by atoms with van der Waals surface area (Å²) < 4.78 is 5.29. The van der Waals surface area contributed by atoms with Gasteiger partial charge in [0.15, 0.2) is 0 Å². The molecule has 0 aliphatic heterocycles. The van der Waals surface area contributed by atoms with E-state index in [0.29, 0.717) is 11.3 Å². The fourth-order valence-electron chi connectivity index (χ4n) is 3.54. The number of carbonyl (C=O) groups is 3. The second-order valence-corrected chi connectivity index (χ2v) is 9.89. The SMILES string of the molecule is Cc1ccccc1NC(=O)C(c1cccc(O)c1)N(C(=O)C(CS)NC(=O)OC(C)(C)C)C(C)C. The fraction of sp³-hybridized carbons (Fsp3) is 0.423. The van der Waals surface area contributed by atoms with Crippen molar-refractivity contribution < 1.29 is 24.2 Å². The molecule has 3 N–H and O–H groups in total. The Labute approximate surface area is 212 Å². The molecule has 0 aromatic heterocycles. The van der Waals surface area contributed by atoms with Gasteiger partial charge in [-0.05, 0) is 70.9 Å². The van der Waals surface area contributed by atoms with Gasteiger partial charge in [-0.2, -0.15) is 12.6 Å². The summed E-state index contributed by atoms with van der Waals surface area (Å²) in [5.74, 6) is -1.01. The molecule has 2 atom stereocenters. The highest BCUT2D eigenvalue weighted by Crippen LogP contribution is 2.29. The van der Waals surface area contributed by atoms with Gasteiger partial charge in [-0.15, -0.1) is 0 Å². The van der Waals surface area contributed by atoms with Gasteiger partial charge < -0.3 is 25.4 Å². The van der Waals surface area contributed by atoms with Gasteiger partial charge in [0.25, 0.3) is 5.91 Å². The first kappa shape index (κ1) is 28.0. The lowest BCUT2D eigenvalue weighted by molar-refractivity contribution is -0.142. The largest absolute Gasteiger partial charge is 0.508 e. The zero-order valence-corrected chi connectivity index (χ0v) is 21.9. The summed E-state index contributed by atoms with van der Waals surface area (Å²) in [6.45, 7) is 10.6. The van der Waals surface area contributed by atoms with Gasteiger partial charge in [0.1, 0.15) is 23.4 Å². The van der Waals surface area contributed by atoms with Gasteiger partial charge in [-0.25, -0.2) is 4.79 Å². The predicted octanol–water partition coefficient (Wildman–Crippen LogP) is 4.44. The summed E-state index contributed by atoms with van der Waals surface area (Å²) in [6.07, 6.45) is -0.758. The van der Waals surface area contributed by atoms with E-state index in [0.717, 1.165) is 5.56 Å². The van der Waals surface area contributed by atoms with Gasteiger partial charge >= 0.3 is 6.09 Å². The van der Waals surface area contributed by atoms with Crippen LogP contribution in [0.2, 0.25) is 0 Å². The summed E-state index contributed by atoms with van der Waals surface area (Å²) >= 11 is 4.26. The average Bonchev–Trinajstić information content (AvgIpc) is 2.75. The van der Waals surface area contributed by atoms with E-state index in [4.69, 9.17) is 4.74 Å². The van der Waals surface area contributed by atoms with E-state index in [9.17, 15) is 19.5 Å². The first-order valence-corrected chi connectivity index (χ1v) is 12.0. The van der Waals surface area contributed by atoms with Crippen LogP contribution in [0.1, 0.15) is 51.8 Å². The number of carbonyl (C=O) groups excluding carboxylic acids is 3. The molecule has 0 spiro atoms. The van der Waals surface area contributed by atoms with Crippen LogP contribution in [0.3, 0.4) is 0 Å². The molecule has 0 bridgehead atoms. The topological polar surface area (TPSA) is 108 Å². The lowest BCUT2D eigenvalue weighted by atomic mass is 10.0. The number of phenolic OH excluding ortho intramolecular Hbond substituents is 1. The number of para-hydroxylation sites is 1. The van der Waals surface area contributed by atoms with E-state index in [1.54, 1.807) is 58.9 Å². The average molecular weight is 502 g/mol. The molecule has 2 aromatic carbocycles. The third-order valence-electron chi connectivity index (χ3n) is 5.10. The maximum atomic E-state index is 13.7. The molecule has 3 amide bonds. The van der Waals surface area contributed by atoms with Gasteiger partial charge in [-0.1, -0.05) is 30.3 Å². The van der Waals surface area contributed by atoms with Crippen molar-refractivity contribution in [2.45, 2.75) is 65.3 Å². The summed E-state index contributed by atoms with van der Waals surface area (Å²) in [5.41, 5.74) is 1.14. The number of thiol groups is 1. The number of nitrogens with zero attached hydrogens (tertiary/aromatic N) is 1. The molecule has 9 heteroatoms. The van der Waals surface area contributed by atoms with Crippen LogP contribution in [0.4, 0.5) is 10.5 Å². The van der Waals surface area contributed by atoms with Crippen LogP contribution in [0.25, 0.3) is 0 Å². The number of hydrogen-bond acceptors (Lipinski definition) is 6. The van der Waals surface area contributed by atoms with Crippen molar-refractivity contribution >= 4 is 36.2 Å². The zero-order chi connectivity index (χ0) is 26.3. The monoisotopic (exact) mass is 501 g/mol. The molecule has 0 aliphatic rings. The smallest absolute Gasteiger partial charge is 0.408 e. The summed E-state index contributed by atoms with van der Waals surface area (Å²) in [5, 5.41) is 15.6. The molecule has 0 radical (unpaired) electrons. The van der Waals surface area contributed by atoms with E-state index in [-0.39, 0.29) is 11.5 Å². The van der Waals surface area contributed by atoms with Crippen LogP contribution in [0, 0.1) is 6.92 Å². The van der Waals surface area contributed by atoms with Crippen molar-refractivity contribution in [1.29, 1.82) is 0 Å². The Morgan fingerprint density at radius 1 is 1.09 bits per heavy atom. The molecule has 35 heavy (non-hydrogen) atoms. The minimum Gasteiger partial charge on any atom is -0.508 e. The van der Waals surface area contributed by atoms with Crippen LogP contribution in [0.15, 0.2) is 48.5 Å². The Morgan fingerprint density at radius 2 is 1.74 bits per heavy atom. The Morgan fingerprint density at radius 3 is 2.29 bits per heavy atom. The number of benzene rings is 2. The zero-order valence-electron chi connectivity index (χ0n) is 21.0. The molecule has 0 fully saturated rings. The van der Waals surface area contributed by atoms with Crippen LogP contribution in [-0.2, 0) is 14.3 Å². The molecule has 0 heterocycles. The summed E-state index contributed by atoms with van der Waals surface area (Å²) in [4.78, 5) is 41.1. The Hall–Kier alpha value is -3.20. The van der Waals surface area contributed by atoms with Crippen LogP contribution >= 0.6 is 12.6 Å². The van der Waals surface area contributed by atoms with Crippen LogP contribution in [-0.4, -0.2) is 51.4 Å². The van der Waals surface area contributed by atoms with Gasteiger partial charge in [0.2, 0.25) is 5.91 Å². The van der Waals surface area contributed by atoms with Gasteiger partial charge in [-0.3, -0.25) is 9.59 Å². The van der Waals surface area contributed by atoms with Crippen LogP contribution in [0.5, 0.6) is 5.75 Å². The molecule has 0 aliphatic carbocycles. The molecule has 0 saturated carbocycles. The van der Waals surface area contributed by atoms with Crippen molar-refractivity contribution in [3.63, 3.8) is 0 Å². The summed E-state index contributed by atoms with van der Waals surface area (Å²) in [6, 6.07) is 11.0. The third-order valence-corrected chi connectivity index (χ3v) is 5.46. The molecule has 2 rings (SSSR count). The maximum Gasteiger partial charge on any atom is 0.408 e. The number of hydrogen-bond donors (Lipinski definition) is 4. The molecule has 8 nitrogen and oxygen atoms in total. The highest BCUT2D eigenvalue weighted by molar-refractivity contribution is 7.80. The number of anilines is 1. The maximum absolute atomic E-state index is 13.7. The highest BCUT2D eigenvalue weighted by atomic mass is 32.1. The Bertz CT molecular complexity index is 1050. The van der Waals surface area contributed by atoms with E-state index in [1.165, 1.54) is 17.0 Å². The molecule has 2 aromatic rings. The normalized spacial score (nSPS) is 13.0. The number of amides is 3. The predicted molar refractivity (Wildman–Crippen MR) is 140 cm³/mol. The van der Waals surface area contributed by atoms with Crippen molar-refractivity contribution in [3.05, 3.63) is 59.7 Å². The standard InChI is InChI=1S/C26H35N3O5S/c1-16(2)29(24(32)21(15-35)28-25(33)34-26(4,5)6)22(18-11-9-12-19(30)14-18)23(31)27-20-13-8-7-10-17(20)3/h7-14,16,21-22,30,35H,15H2,1-6H3,(H,27,31)(H,28,33). The number of aromatic hydroxyl groups is 1.